The first-order valence-electron chi connectivity index (χ1n) is 8.90. The van der Waals surface area contributed by atoms with E-state index in [0.29, 0.717) is 12.5 Å². The summed E-state index contributed by atoms with van der Waals surface area (Å²) in [6.07, 6.45) is 1.25. The summed E-state index contributed by atoms with van der Waals surface area (Å²) in [6, 6.07) is 20.8. The van der Waals surface area contributed by atoms with Crippen LogP contribution < -0.4 is 5.32 Å². The van der Waals surface area contributed by atoms with Gasteiger partial charge in [0.05, 0.1) is 12.6 Å². The van der Waals surface area contributed by atoms with Crippen molar-refractivity contribution in [3.63, 3.8) is 0 Å². The lowest BCUT2D eigenvalue weighted by molar-refractivity contribution is 0.0914. The van der Waals surface area contributed by atoms with Crippen molar-refractivity contribution in [3.05, 3.63) is 71.8 Å². The highest BCUT2D eigenvalue weighted by molar-refractivity contribution is 14.0. The van der Waals surface area contributed by atoms with E-state index in [0.717, 1.165) is 25.5 Å². The molecular formula is C21H28IN3O. The molecule has 3 rings (SSSR count). The second-order valence-electron chi connectivity index (χ2n) is 6.65. The normalized spacial score (nSPS) is 19.7. The summed E-state index contributed by atoms with van der Waals surface area (Å²) >= 11 is 0. The van der Waals surface area contributed by atoms with Crippen molar-refractivity contribution in [2.24, 2.45) is 10.9 Å². The lowest BCUT2D eigenvalue weighted by Crippen LogP contribution is -2.39. The van der Waals surface area contributed by atoms with Crippen molar-refractivity contribution in [1.29, 1.82) is 0 Å². The predicted molar refractivity (Wildman–Crippen MR) is 118 cm³/mol. The van der Waals surface area contributed by atoms with E-state index in [1.54, 1.807) is 0 Å². The Morgan fingerprint density at radius 2 is 1.73 bits per heavy atom. The van der Waals surface area contributed by atoms with Gasteiger partial charge >= 0.3 is 0 Å². The molecule has 1 saturated heterocycles. The standard InChI is InChI=1S/C21H27N3O.HI/c1-24(2)21(22-15-17-9-5-3-6-10-17)23-16-19-13-14-25-20(19)18-11-7-4-8-12-18;/h3-12,19-20H,13-16H2,1-2H3,(H,22,23);1H/t19-,20-;/m1./s1. The molecule has 0 amide bonds. The Balaban J connectivity index is 0.00000243. The van der Waals surface area contributed by atoms with E-state index in [4.69, 9.17) is 9.73 Å². The monoisotopic (exact) mass is 465 g/mol. The molecule has 2 atom stereocenters. The molecule has 1 aliphatic heterocycles. The molecule has 0 bridgehead atoms. The molecule has 140 valence electrons. The molecular weight excluding hydrogens is 437 g/mol. The predicted octanol–water partition coefficient (Wildman–Crippen LogP) is 4.09. The van der Waals surface area contributed by atoms with Crippen molar-refractivity contribution < 1.29 is 4.74 Å². The quantitative estimate of drug-likeness (QED) is 0.411. The number of hydrogen-bond donors (Lipinski definition) is 1. The van der Waals surface area contributed by atoms with Gasteiger partial charge in [0.15, 0.2) is 5.96 Å². The molecule has 1 N–H and O–H groups in total. The maximum Gasteiger partial charge on any atom is 0.193 e. The minimum Gasteiger partial charge on any atom is -0.373 e. The summed E-state index contributed by atoms with van der Waals surface area (Å²) in [4.78, 5) is 6.78. The number of aliphatic imine (C=N–C) groups is 1. The van der Waals surface area contributed by atoms with E-state index < -0.39 is 0 Å². The van der Waals surface area contributed by atoms with Crippen molar-refractivity contribution in [1.82, 2.24) is 10.2 Å². The molecule has 26 heavy (non-hydrogen) atoms. The van der Waals surface area contributed by atoms with Gasteiger partial charge in [-0.25, -0.2) is 4.99 Å². The lowest BCUT2D eigenvalue weighted by Gasteiger charge is -2.23. The Morgan fingerprint density at radius 1 is 1.08 bits per heavy atom. The van der Waals surface area contributed by atoms with E-state index in [-0.39, 0.29) is 30.1 Å². The Morgan fingerprint density at radius 3 is 2.38 bits per heavy atom. The fraction of sp³-hybridized carbons (Fsp3) is 0.381. The highest BCUT2D eigenvalue weighted by atomic mass is 127. The van der Waals surface area contributed by atoms with E-state index >= 15 is 0 Å². The maximum absolute atomic E-state index is 5.98. The van der Waals surface area contributed by atoms with Gasteiger partial charge in [-0.15, -0.1) is 24.0 Å². The van der Waals surface area contributed by atoms with Crippen LogP contribution in [0.2, 0.25) is 0 Å². The number of ether oxygens (including phenoxy) is 1. The van der Waals surface area contributed by atoms with E-state index in [1.165, 1.54) is 11.1 Å². The maximum atomic E-state index is 5.98. The minimum absolute atomic E-state index is 0. The van der Waals surface area contributed by atoms with Crippen molar-refractivity contribution in [2.45, 2.75) is 19.1 Å². The lowest BCUT2D eigenvalue weighted by atomic mass is 9.95. The molecule has 0 spiro atoms. The Bertz CT molecular complexity index is 676. The second kappa shape index (κ2) is 10.5. The fourth-order valence-electron chi connectivity index (χ4n) is 3.18. The van der Waals surface area contributed by atoms with Crippen LogP contribution in [-0.2, 0) is 11.3 Å². The average Bonchev–Trinajstić information content (AvgIpc) is 3.11. The van der Waals surface area contributed by atoms with Crippen molar-refractivity contribution in [3.8, 4) is 0 Å². The first-order chi connectivity index (χ1) is 12.2. The topological polar surface area (TPSA) is 36.9 Å². The first kappa shape index (κ1) is 20.7. The molecule has 5 heteroatoms. The van der Waals surface area contributed by atoms with Crippen molar-refractivity contribution >= 4 is 29.9 Å². The molecule has 0 aromatic heterocycles. The molecule has 1 fully saturated rings. The van der Waals surface area contributed by atoms with Crippen LogP contribution in [0.15, 0.2) is 65.7 Å². The summed E-state index contributed by atoms with van der Waals surface area (Å²) in [5, 5.41) is 3.53. The van der Waals surface area contributed by atoms with Crippen LogP contribution in [0.3, 0.4) is 0 Å². The van der Waals surface area contributed by atoms with E-state index in [1.807, 2.05) is 43.3 Å². The van der Waals surface area contributed by atoms with Gasteiger partial charge in [-0.1, -0.05) is 60.7 Å². The Hall–Kier alpha value is -1.60. The summed E-state index contributed by atoms with van der Waals surface area (Å²) < 4.78 is 5.98. The largest absolute Gasteiger partial charge is 0.373 e. The molecule has 2 aromatic rings. The zero-order chi connectivity index (χ0) is 17.5. The highest BCUT2D eigenvalue weighted by Crippen LogP contribution is 2.33. The van der Waals surface area contributed by atoms with Crippen LogP contribution in [-0.4, -0.2) is 38.1 Å². The van der Waals surface area contributed by atoms with Crippen LogP contribution in [0.1, 0.15) is 23.7 Å². The summed E-state index contributed by atoms with van der Waals surface area (Å²) in [6.45, 7) is 2.38. The molecule has 4 nitrogen and oxygen atoms in total. The molecule has 0 unspecified atom stereocenters. The second-order valence-corrected chi connectivity index (χ2v) is 6.65. The summed E-state index contributed by atoms with van der Waals surface area (Å²) in [5.74, 6) is 1.38. The van der Waals surface area contributed by atoms with Crippen LogP contribution in [0.5, 0.6) is 0 Å². The minimum atomic E-state index is 0. The third-order valence-corrected chi connectivity index (χ3v) is 4.54. The van der Waals surface area contributed by atoms with Gasteiger partial charge in [0.1, 0.15) is 0 Å². The van der Waals surface area contributed by atoms with Crippen LogP contribution in [0.4, 0.5) is 0 Å². The van der Waals surface area contributed by atoms with Gasteiger partial charge in [0, 0.05) is 33.2 Å². The smallest absolute Gasteiger partial charge is 0.193 e. The molecule has 0 saturated carbocycles. The number of hydrogen-bond acceptors (Lipinski definition) is 2. The Labute approximate surface area is 173 Å². The van der Waals surface area contributed by atoms with Crippen LogP contribution >= 0.6 is 24.0 Å². The van der Waals surface area contributed by atoms with Gasteiger partial charge < -0.3 is 15.0 Å². The SMILES string of the molecule is CN(C)C(=NCc1ccccc1)NC[C@H]1CCO[C@@H]1c1ccccc1.I. The van der Waals surface area contributed by atoms with Crippen LogP contribution in [0, 0.1) is 5.92 Å². The van der Waals surface area contributed by atoms with Gasteiger partial charge in [0.2, 0.25) is 0 Å². The fourth-order valence-corrected chi connectivity index (χ4v) is 3.18. The highest BCUT2D eigenvalue weighted by Gasteiger charge is 2.29. The zero-order valence-corrected chi connectivity index (χ0v) is 17.8. The first-order valence-corrected chi connectivity index (χ1v) is 8.90. The van der Waals surface area contributed by atoms with Gasteiger partial charge in [-0.05, 0) is 17.5 Å². The zero-order valence-electron chi connectivity index (χ0n) is 15.5. The molecule has 2 aromatic carbocycles. The number of benzene rings is 2. The van der Waals surface area contributed by atoms with Crippen molar-refractivity contribution in [2.75, 3.05) is 27.2 Å². The number of nitrogens with zero attached hydrogens (tertiary/aromatic N) is 2. The van der Waals surface area contributed by atoms with E-state index in [2.05, 4.69) is 41.7 Å². The number of guanidine groups is 1. The summed E-state index contributed by atoms with van der Waals surface area (Å²) in [5.41, 5.74) is 2.48. The molecule has 0 aliphatic carbocycles. The number of nitrogens with one attached hydrogen (secondary N) is 1. The van der Waals surface area contributed by atoms with Gasteiger partial charge in [-0.2, -0.15) is 0 Å². The number of rotatable bonds is 5. The molecule has 1 heterocycles. The molecule has 1 aliphatic rings. The van der Waals surface area contributed by atoms with Gasteiger partial charge in [-0.3, -0.25) is 0 Å². The Kier molecular flexibility index (Phi) is 8.38. The average molecular weight is 465 g/mol. The van der Waals surface area contributed by atoms with Crippen LogP contribution in [0.25, 0.3) is 0 Å². The van der Waals surface area contributed by atoms with E-state index in [9.17, 15) is 0 Å². The third kappa shape index (κ3) is 5.71. The molecule has 0 radical (unpaired) electrons. The van der Waals surface area contributed by atoms with Gasteiger partial charge in [0.25, 0.3) is 0 Å². The summed E-state index contributed by atoms with van der Waals surface area (Å²) in [7, 11) is 4.05. The number of halogens is 1. The third-order valence-electron chi connectivity index (χ3n) is 4.54.